The van der Waals surface area contributed by atoms with Crippen LogP contribution in [0.2, 0.25) is 0 Å². The van der Waals surface area contributed by atoms with Gasteiger partial charge >= 0.3 is 0 Å². The lowest BCUT2D eigenvalue weighted by Gasteiger charge is -2.35. The van der Waals surface area contributed by atoms with Crippen molar-refractivity contribution in [2.24, 2.45) is 0 Å². The van der Waals surface area contributed by atoms with Crippen molar-refractivity contribution in [3.05, 3.63) is 64.5 Å². The van der Waals surface area contributed by atoms with Gasteiger partial charge in [-0.25, -0.2) is 8.78 Å². The number of likely N-dealkylation sites (tertiary alicyclic amines) is 1. The number of hydrogen-bond acceptors (Lipinski definition) is 3. The summed E-state index contributed by atoms with van der Waals surface area (Å²) in [6, 6.07) is 9.53. The fraction of sp³-hybridized carbons (Fsp3) is 0.435. The molecule has 2 heterocycles. The number of pyridine rings is 1. The zero-order valence-corrected chi connectivity index (χ0v) is 18.4. The third-order valence-electron chi connectivity index (χ3n) is 5.25. The van der Waals surface area contributed by atoms with Crippen molar-refractivity contribution in [2.75, 3.05) is 13.1 Å². The number of hydrogen-bond donors (Lipinski definition) is 1. The quantitative estimate of drug-likeness (QED) is 0.705. The van der Waals surface area contributed by atoms with Crippen molar-refractivity contribution in [1.29, 1.82) is 0 Å². The minimum atomic E-state index is -2.92. The first kappa shape index (κ1) is 22.3. The van der Waals surface area contributed by atoms with Gasteiger partial charge in [-0.3, -0.25) is 9.78 Å². The Bertz CT molecular complexity index is 905. The van der Waals surface area contributed by atoms with Crippen LogP contribution in [-0.4, -0.2) is 39.9 Å². The molecule has 7 heteroatoms. The maximum atomic E-state index is 13.4. The molecule has 1 amide bonds. The lowest BCUT2D eigenvalue weighted by molar-refractivity contribution is 0.0174. The van der Waals surface area contributed by atoms with Gasteiger partial charge in [-0.15, -0.1) is 0 Å². The van der Waals surface area contributed by atoms with E-state index in [2.05, 4.69) is 15.2 Å². The topological polar surface area (TPSA) is 45.2 Å². The van der Waals surface area contributed by atoms with Crippen LogP contribution in [0.4, 0.5) is 8.78 Å². The fourth-order valence-electron chi connectivity index (χ4n) is 3.79. The van der Waals surface area contributed by atoms with Gasteiger partial charge in [0.2, 0.25) is 0 Å². The molecule has 2 aromatic rings. The van der Waals surface area contributed by atoms with E-state index < -0.39 is 5.92 Å². The summed E-state index contributed by atoms with van der Waals surface area (Å²) >= 11 is 5.65. The Morgan fingerprint density at radius 1 is 1.27 bits per heavy atom. The summed E-state index contributed by atoms with van der Waals surface area (Å²) in [4.78, 5) is 20.1. The van der Waals surface area contributed by atoms with E-state index in [9.17, 15) is 13.6 Å². The number of carbonyl (C=O) groups is 1. The molecular weight excluding hydrogens is 404 g/mol. The van der Waals surface area contributed by atoms with Crippen molar-refractivity contribution in [3.63, 3.8) is 0 Å². The van der Waals surface area contributed by atoms with E-state index in [-0.39, 0.29) is 17.5 Å². The second kappa shape index (κ2) is 9.16. The lowest BCUT2D eigenvalue weighted by Crippen LogP contribution is -2.49. The number of nitrogens with zero attached hydrogens (tertiary/aromatic N) is 2. The first-order valence-electron chi connectivity index (χ1n) is 10.1. The van der Waals surface area contributed by atoms with Crippen molar-refractivity contribution < 1.29 is 13.6 Å². The molecule has 4 nitrogen and oxygen atoms in total. The Labute approximate surface area is 181 Å². The van der Waals surface area contributed by atoms with E-state index in [1.807, 2.05) is 26.0 Å². The normalized spacial score (nSPS) is 17.0. The fourth-order valence-corrected chi connectivity index (χ4v) is 4.10. The van der Waals surface area contributed by atoms with E-state index in [1.54, 1.807) is 0 Å². The van der Waals surface area contributed by atoms with Crippen molar-refractivity contribution in [3.8, 4) is 0 Å². The molecule has 1 aromatic heterocycles. The average Bonchev–Trinajstić information content (AvgIpc) is 2.67. The van der Waals surface area contributed by atoms with Gasteiger partial charge < -0.3 is 10.2 Å². The Balaban J connectivity index is 1.59. The Kier molecular flexibility index (Phi) is 6.81. The summed E-state index contributed by atoms with van der Waals surface area (Å²) in [6.07, 6.45) is 2.38. The molecule has 1 aliphatic rings. The number of amides is 1. The summed E-state index contributed by atoms with van der Waals surface area (Å²) in [7, 11) is 0. The summed E-state index contributed by atoms with van der Waals surface area (Å²) in [5.41, 5.74) is 3.37. The Morgan fingerprint density at radius 3 is 2.60 bits per heavy atom. The first-order chi connectivity index (χ1) is 14.1. The number of halogens is 2. The van der Waals surface area contributed by atoms with Gasteiger partial charge in [-0.2, -0.15) is 0 Å². The van der Waals surface area contributed by atoms with Gasteiger partial charge in [-0.05, 0) is 56.5 Å². The smallest absolute Gasteiger partial charge is 0.270 e. The Hall–Kier alpha value is -2.41. The molecule has 0 aliphatic carbocycles. The predicted molar refractivity (Wildman–Crippen MR) is 118 cm³/mol. The predicted octanol–water partition coefficient (Wildman–Crippen LogP) is 4.57. The number of aryl methyl sites for hydroxylation is 2. The maximum Gasteiger partial charge on any atom is 0.270 e. The number of piperidine rings is 1. The van der Waals surface area contributed by atoms with Crippen molar-refractivity contribution >= 4 is 23.1 Å². The molecule has 160 valence electrons. The van der Waals surface area contributed by atoms with Crippen molar-refractivity contribution in [1.82, 2.24) is 15.2 Å². The average molecular weight is 432 g/mol. The van der Waals surface area contributed by atoms with Crippen LogP contribution < -0.4 is 5.32 Å². The van der Waals surface area contributed by atoms with E-state index in [1.165, 1.54) is 24.3 Å². The highest BCUT2D eigenvalue weighted by atomic mass is 32.1. The van der Waals surface area contributed by atoms with Crippen LogP contribution >= 0.6 is 12.2 Å². The van der Waals surface area contributed by atoms with E-state index in [4.69, 9.17) is 12.2 Å². The highest BCUT2D eigenvalue weighted by Gasteiger charge is 2.26. The molecule has 1 fully saturated rings. The number of nitrogens with one attached hydrogen (secondary N) is 1. The lowest BCUT2D eigenvalue weighted by atomic mass is 10.0. The minimum absolute atomic E-state index is 0.0382. The molecule has 0 saturated carbocycles. The Morgan fingerprint density at radius 2 is 1.97 bits per heavy atom. The summed E-state index contributed by atoms with van der Waals surface area (Å²) in [5, 5.41) is 3.02. The standard InChI is InChI=1S/C23H27F2N3OS/c1-15-11-16(2)26-20(12-15)13-21(30)28-10-4-5-19(14-28)27-22(29)17-6-8-18(9-7-17)23(3,24)25/h6-9,11-12,19H,4-5,10,13-14H2,1-3H3,(H,27,29). The molecule has 1 aliphatic heterocycles. The molecule has 30 heavy (non-hydrogen) atoms. The van der Waals surface area contributed by atoms with E-state index >= 15 is 0 Å². The second-order valence-electron chi connectivity index (χ2n) is 8.07. The molecule has 3 rings (SSSR count). The van der Waals surface area contributed by atoms with Crippen molar-refractivity contribution in [2.45, 2.75) is 52.0 Å². The summed E-state index contributed by atoms with van der Waals surface area (Å²) in [5.74, 6) is -3.17. The largest absolute Gasteiger partial charge is 0.364 e. The van der Waals surface area contributed by atoms with Gasteiger partial charge in [-0.1, -0.05) is 24.4 Å². The zero-order chi connectivity index (χ0) is 21.9. The molecule has 1 atom stereocenters. The van der Waals surface area contributed by atoms with Crippen LogP contribution in [0, 0.1) is 13.8 Å². The molecule has 1 aromatic carbocycles. The molecule has 1 N–H and O–H groups in total. The van der Waals surface area contributed by atoms with Gasteiger partial charge in [0.05, 0.1) is 4.99 Å². The maximum absolute atomic E-state index is 13.4. The number of rotatable bonds is 5. The van der Waals surface area contributed by atoms with Crippen LogP contribution in [-0.2, 0) is 12.3 Å². The van der Waals surface area contributed by atoms with Crippen LogP contribution in [0.15, 0.2) is 36.4 Å². The van der Waals surface area contributed by atoms with Gasteiger partial charge in [0, 0.05) is 55.0 Å². The highest BCUT2D eigenvalue weighted by Crippen LogP contribution is 2.26. The zero-order valence-electron chi connectivity index (χ0n) is 17.5. The monoisotopic (exact) mass is 431 g/mol. The minimum Gasteiger partial charge on any atom is -0.364 e. The first-order valence-corrected chi connectivity index (χ1v) is 10.5. The molecule has 0 radical (unpaired) electrons. The molecular formula is C23H27F2N3OS. The number of benzene rings is 1. The van der Waals surface area contributed by atoms with Gasteiger partial charge in [0.25, 0.3) is 11.8 Å². The molecule has 1 unspecified atom stereocenters. The van der Waals surface area contributed by atoms with Crippen LogP contribution in [0.1, 0.15) is 52.6 Å². The molecule has 0 spiro atoms. The van der Waals surface area contributed by atoms with Crippen LogP contribution in [0.5, 0.6) is 0 Å². The SMILES string of the molecule is Cc1cc(C)nc(CC(=S)N2CCCC(NC(=O)c3ccc(C(C)(F)F)cc3)C2)c1. The van der Waals surface area contributed by atoms with E-state index in [0.717, 1.165) is 48.2 Å². The van der Waals surface area contributed by atoms with Crippen LogP contribution in [0.3, 0.4) is 0 Å². The number of carbonyl (C=O) groups excluding carboxylic acids is 1. The number of aromatic nitrogens is 1. The molecule has 0 bridgehead atoms. The van der Waals surface area contributed by atoms with Crippen LogP contribution in [0.25, 0.3) is 0 Å². The third kappa shape index (κ3) is 5.81. The number of alkyl halides is 2. The summed E-state index contributed by atoms with van der Waals surface area (Å²) in [6.45, 7) is 6.36. The van der Waals surface area contributed by atoms with E-state index in [0.29, 0.717) is 18.5 Å². The third-order valence-corrected chi connectivity index (χ3v) is 5.65. The molecule has 1 saturated heterocycles. The summed E-state index contributed by atoms with van der Waals surface area (Å²) < 4.78 is 26.7. The van der Waals surface area contributed by atoms with Gasteiger partial charge in [0.1, 0.15) is 0 Å². The highest BCUT2D eigenvalue weighted by molar-refractivity contribution is 7.80. The van der Waals surface area contributed by atoms with Gasteiger partial charge in [0.15, 0.2) is 0 Å². The second-order valence-corrected chi connectivity index (χ2v) is 8.54. The number of thiocarbonyl (C=S) groups is 1.